The van der Waals surface area contributed by atoms with E-state index >= 15 is 0 Å². The van der Waals surface area contributed by atoms with Gasteiger partial charge in [0.05, 0.1) is 0 Å². The Balaban J connectivity index is 1.88. The molecule has 37 heavy (non-hydrogen) atoms. The molecule has 192 valence electrons. The molecular weight excluding hydrogens is 490 g/mol. The van der Waals surface area contributed by atoms with E-state index in [0.717, 1.165) is 17.7 Å². The van der Waals surface area contributed by atoms with E-state index in [9.17, 15) is 0 Å². The predicted octanol–water partition coefficient (Wildman–Crippen LogP) is 6.98. The fourth-order valence-corrected chi connectivity index (χ4v) is 9.35. The van der Waals surface area contributed by atoms with Crippen molar-refractivity contribution in [1.82, 2.24) is 0 Å². The molecule has 4 heteroatoms. The first kappa shape index (κ1) is 27.5. The van der Waals surface area contributed by atoms with E-state index in [0.29, 0.717) is 8.58 Å². The number of hydrogen-bond donors (Lipinski definition) is 0. The van der Waals surface area contributed by atoms with E-state index in [1.54, 1.807) is 7.11 Å². The minimum absolute atomic E-state index is 0.0743. The normalized spacial score (nSPS) is 13.3. The summed E-state index contributed by atoms with van der Waals surface area (Å²) in [6.07, 6.45) is 1.01. The second kappa shape index (κ2) is 12.4. The zero-order valence-electron chi connectivity index (χ0n) is 22.8. The van der Waals surface area contributed by atoms with Crippen molar-refractivity contribution in [3.8, 4) is 5.75 Å². The summed E-state index contributed by atoms with van der Waals surface area (Å²) in [5.41, 5.74) is 5.07. The van der Waals surface area contributed by atoms with Crippen LogP contribution in [0.3, 0.4) is 0 Å². The van der Waals surface area contributed by atoms with Gasteiger partial charge in [-0.15, -0.1) is 0 Å². The van der Waals surface area contributed by atoms with E-state index in [-0.39, 0.29) is 11.9 Å². The fourth-order valence-electron chi connectivity index (χ4n) is 4.88. The van der Waals surface area contributed by atoms with Gasteiger partial charge in [-0.3, -0.25) is 0 Å². The Morgan fingerprint density at radius 1 is 0.784 bits per heavy atom. The van der Waals surface area contributed by atoms with Crippen LogP contribution in [0.2, 0.25) is 0 Å². The van der Waals surface area contributed by atoms with Crippen LogP contribution < -0.4 is 26.0 Å². The lowest BCUT2D eigenvalue weighted by atomic mass is 9.92. The first-order chi connectivity index (χ1) is 17.9. The average molecular weight is 529 g/mol. The number of rotatable bonds is 10. The van der Waals surface area contributed by atoms with Gasteiger partial charge in [0.25, 0.3) is 0 Å². The van der Waals surface area contributed by atoms with Gasteiger partial charge in [0.1, 0.15) is 5.75 Å². The van der Waals surface area contributed by atoms with Crippen LogP contribution in [-0.2, 0) is 9.89 Å². The molecule has 0 aliphatic heterocycles. The van der Waals surface area contributed by atoms with Crippen LogP contribution in [0.4, 0.5) is 0 Å². The van der Waals surface area contributed by atoms with Crippen molar-refractivity contribution in [2.45, 2.75) is 46.2 Å². The average Bonchev–Trinajstić information content (AvgIpc) is 2.91. The lowest BCUT2D eigenvalue weighted by Crippen LogP contribution is -2.33. The Kier molecular flexibility index (Phi) is 9.20. The maximum absolute atomic E-state index is 6.19. The van der Waals surface area contributed by atoms with Crippen molar-refractivity contribution in [3.63, 3.8) is 0 Å². The van der Waals surface area contributed by atoms with Crippen LogP contribution in [0.1, 0.15) is 42.5 Å². The van der Waals surface area contributed by atoms with Crippen molar-refractivity contribution in [3.05, 3.63) is 113 Å². The molecule has 0 bridgehead atoms. The predicted molar refractivity (Wildman–Crippen MR) is 164 cm³/mol. The van der Waals surface area contributed by atoms with Crippen LogP contribution in [0.25, 0.3) is 0 Å². The van der Waals surface area contributed by atoms with Crippen LogP contribution in [-0.4, -0.2) is 13.9 Å². The molecule has 4 rings (SSSR count). The number of aryl methyl sites for hydroxylation is 3. The molecule has 4 aromatic carbocycles. The largest absolute Gasteiger partial charge is 0.467 e. The number of hydrogen-bond acceptors (Lipinski definition) is 2. The highest BCUT2D eigenvalue weighted by atomic mass is 31.1. The van der Waals surface area contributed by atoms with Gasteiger partial charge < -0.3 is 9.47 Å². The molecular formula is C33H38O2P2. The molecule has 2 nitrogen and oxygen atoms in total. The van der Waals surface area contributed by atoms with Gasteiger partial charge in [-0.2, -0.15) is 0 Å². The van der Waals surface area contributed by atoms with E-state index < -0.39 is 7.92 Å². The summed E-state index contributed by atoms with van der Waals surface area (Å²) in [4.78, 5) is 0. The van der Waals surface area contributed by atoms with Gasteiger partial charge in [-0.1, -0.05) is 119 Å². The fraction of sp³-hybridized carbons (Fsp3) is 0.273. The monoisotopic (exact) mass is 528 g/mol. The zero-order valence-corrected chi connectivity index (χ0v) is 24.7. The molecule has 0 aliphatic carbocycles. The Morgan fingerprint density at radius 2 is 1.41 bits per heavy atom. The molecule has 0 saturated carbocycles. The molecule has 0 fully saturated rings. The summed E-state index contributed by atoms with van der Waals surface area (Å²) in [6.45, 7) is 11.6. The van der Waals surface area contributed by atoms with Crippen LogP contribution in [0.15, 0.2) is 91.0 Å². The third kappa shape index (κ3) is 6.15. The SMILES string of the molecule is CCC(C)(Pc1c(C)cccc1P(c1ccccc1)c1ccccc1)c1cc(C)cc(C)c1OCOC. The van der Waals surface area contributed by atoms with Crippen LogP contribution >= 0.6 is 16.5 Å². The lowest BCUT2D eigenvalue weighted by molar-refractivity contribution is 0.0495. The zero-order chi connectivity index (χ0) is 26.4. The molecule has 2 atom stereocenters. The summed E-state index contributed by atoms with van der Waals surface area (Å²) in [5.74, 6) is 0.966. The lowest BCUT2D eigenvalue weighted by Gasteiger charge is -2.34. The van der Waals surface area contributed by atoms with Crippen molar-refractivity contribution in [2.75, 3.05) is 13.9 Å². The summed E-state index contributed by atoms with van der Waals surface area (Å²) >= 11 is 0. The van der Waals surface area contributed by atoms with Crippen molar-refractivity contribution < 1.29 is 9.47 Å². The highest BCUT2D eigenvalue weighted by Gasteiger charge is 2.32. The van der Waals surface area contributed by atoms with Gasteiger partial charge in [0, 0.05) is 17.8 Å². The first-order valence-corrected chi connectivity index (χ1v) is 15.2. The third-order valence-corrected chi connectivity index (χ3v) is 11.7. The molecule has 4 aromatic rings. The molecule has 0 heterocycles. The molecule has 0 aromatic heterocycles. The molecule has 0 aliphatic rings. The maximum Gasteiger partial charge on any atom is 0.188 e. The van der Waals surface area contributed by atoms with Crippen molar-refractivity contribution >= 4 is 37.7 Å². The minimum atomic E-state index is -0.684. The number of ether oxygens (including phenoxy) is 2. The van der Waals surface area contributed by atoms with Crippen molar-refractivity contribution in [1.29, 1.82) is 0 Å². The standard InChI is InChI=1S/C33H38O2P2/c1-7-33(5,29-22-24(2)21-26(4)31(29)35-23-34-6)36-32-25(3)15-14-20-30(32)37(27-16-10-8-11-17-27)28-18-12-9-13-19-28/h8-22,36H,7,23H2,1-6H3. The van der Waals surface area contributed by atoms with E-state index in [1.807, 2.05) is 0 Å². The van der Waals surface area contributed by atoms with Gasteiger partial charge in [0.15, 0.2) is 6.79 Å². The minimum Gasteiger partial charge on any atom is -0.467 e. The van der Waals surface area contributed by atoms with Crippen LogP contribution in [0.5, 0.6) is 5.75 Å². The maximum atomic E-state index is 6.19. The van der Waals surface area contributed by atoms with Crippen molar-refractivity contribution in [2.24, 2.45) is 0 Å². The Morgan fingerprint density at radius 3 is 1.97 bits per heavy atom. The highest BCUT2D eigenvalue weighted by Crippen LogP contribution is 2.49. The number of benzene rings is 4. The molecule has 0 saturated heterocycles. The van der Waals surface area contributed by atoms with Gasteiger partial charge in [-0.05, 0) is 67.5 Å². The first-order valence-electron chi connectivity index (χ1n) is 12.9. The molecule has 0 radical (unpaired) electrons. The molecule has 0 spiro atoms. The smallest absolute Gasteiger partial charge is 0.188 e. The van der Waals surface area contributed by atoms with Gasteiger partial charge in [-0.25, -0.2) is 0 Å². The third-order valence-electron chi connectivity index (χ3n) is 6.96. The summed E-state index contributed by atoms with van der Waals surface area (Å²) in [6, 6.07) is 33.4. The molecule has 0 N–H and O–H groups in total. The van der Waals surface area contributed by atoms with Gasteiger partial charge in [0.2, 0.25) is 0 Å². The quantitative estimate of drug-likeness (QED) is 0.163. The molecule has 0 amide bonds. The molecule has 2 unspecified atom stereocenters. The summed E-state index contributed by atoms with van der Waals surface area (Å²) < 4.78 is 11.5. The van der Waals surface area contributed by atoms with Gasteiger partial charge >= 0.3 is 0 Å². The van der Waals surface area contributed by atoms with E-state index in [2.05, 4.69) is 126 Å². The Bertz CT molecular complexity index is 1280. The van der Waals surface area contributed by atoms with E-state index in [1.165, 1.54) is 37.9 Å². The second-order valence-corrected chi connectivity index (χ2v) is 13.8. The Labute approximate surface area is 226 Å². The number of methoxy groups -OCH3 is 1. The van der Waals surface area contributed by atoms with E-state index in [4.69, 9.17) is 9.47 Å². The summed E-state index contributed by atoms with van der Waals surface area (Å²) in [5, 5.41) is 5.62. The second-order valence-electron chi connectivity index (χ2n) is 9.80. The highest BCUT2D eigenvalue weighted by molar-refractivity contribution is 7.81. The Hall–Kier alpha value is -2.50. The summed E-state index contributed by atoms with van der Waals surface area (Å²) in [7, 11) is 1.59. The topological polar surface area (TPSA) is 18.5 Å². The van der Waals surface area contributed by atoms with Crippen LogP contribution in [0, 0.1) is 20.8 Å².